The molecule has 1 aliphatic heterocycles. The van der Waals surface area contributed by atoms with Gasteiger partial charge >= 0.3 is 0 Å². The molecule has 0 saturated carbocycles. The van der Waals surface area contributed by atoms with E-state index in [1.165, 1.54) is 0 Å². The van der Waals surface area contributed by atoms with Gasteiger partial charge in [0.1, 0.15) is 11.5 Å². The van der Waals surface area contributed by atoms with Gasteiger partial charge in [0.05, 0.1) is 12.8 Å². The molecule has 2 unspecified atom stereocenters. The van der Waals surface area contributed by atoms with E-state index in [4.69, 9.17) is 9.47 Å². The predicted molar refractivity (Wildman–Crippen MR) is 108 cm³/mol. The third-order valence-corrected chi connectivity index (χ3v) is 4.87. The number of benzene rings is 2. The summed E-state index contributed by atoms with van der Waals surface area (Å²) in [6, 6.07) is 15.9. The number of carbonyl (C=O) groups excluding carboxylic acids is 1. The molecule has 2 aromatic carbocycles. The van der Waals surface area contributed by atoms with Crippen LogP contribution in [-0.2, 0) is 4.79 Å². The van der Waals surface area contributed by atoms with E-state index in [2.05, 4.69) is 16.3 Å². The van der Waals surface area contributed by atoms with E-state index in [1.54, 1.807) is 14.0 Å². The van der Waals surface area contributed by atoms with Gasteiger partial charge in [0.2, 0.25) is 0 Å². The van der Waals surface area contributed by atoms with Crippen LogP contribution in [-0.4, -0.2) is 38.3 Å². The molecule has 0 aromatic heterocycles. The number of amides is 1. The van der Waals surface area contributed by atoms with Crippen LogP contribution >= 0.6 is 0 Å². The topological polar surface area (TPSA) is 50.8 Å². The molecule has 5 heteroatoms. The third-order valence-electron chi connectivity index (χ3n) is 4.87. The van der Waals surface area contributed by atoms with Crippen molar-refractivity contribution in [2.75, 3.05) is 25.1 Å². The Morgan fingerprint density at radius 3 is 2.81 bits per heavy atom. The van der Waals surface area contributed by atoms with Gasteiger partial charge in [-0.25, -0.2) is 0 Å². The van der Waals surface area contributed by atoms with Crippen molar-refractivity contribution >= 4 is 11.6 Å². The lowest BCUT2D eigenvalue weighted by Crippen LogP contribution is -2.50. The normalized spacial score (nSPS) is 17.9. The van der Waals surface area contributed by atoms with Crippen molar-refractivity contribution in [1.29, 1.82) is 0 Å². The Morgan fingerprint density at radius 1 is 1.22 bits per heavy atom. The molecular weight excluding hydrogens is 340 g/mol. The van der Waals surface area contributed by atoms with E-state index in [9.17, 15) is 4.79 Å². The molecule has 1 N–H and O–H groups in total. The first-order valence-electron chi connectivity index (χ1n) is 9.48. The smallest absolute Gasteiger partial charge is 0.261 e. The van der Waals surface area contributed by atoms with Gasteiger partial charge in [-0.05, 0) is 56.5 Å². The zero-order chi connectivity index (χ0) is 19.2. The van der Waals surface area contributed by atoms with Crippen LogP contribution in [0.4, 0.5) is 5.69 Å². The van der Waals surface area contributed by atoms with Gasteiger partial charge in [0.15, 0.2) is 6.10 Å². The van der Waals surface area contributed by atoms with Crippen LogP contribution < -0.4 is 19.7 Å². The van der Waals surface area contributed by atoms with Gasteiger partial charge in [0, 0.05) is 19.1 Å². The number of para-hydroxylation sites is 2. The minimum absolute atomic E-state index is 0.0802. The summed E-state index contributed by atoms with van der Waals surface area (Å²) < 4.78 is 11.3. The maximum atomic E-state index is 12.6. The first-order chi connectivity index (χ1) is 13.1. The molecule has 1 saturated heterocycles. The molecule has 0 radical (unpaired) electrons. The Hall–Kier alpha value is -2.69. The van der Waals surface area contributed by atoms with E-state index >= 15 is 0 Å². The number of anilines is 1. The molecule has 1 amide bonds. The lowest BCUT2D eigenvalue weighted by Gasteiger charge is -2.35. The number of ether oxygens (including phenoxy) is 2. The fourth-order valence-electron chi connectivity index (χ4n) is 3.47. The van der Waals surface area contributed by atoms with Crippen molar-refractivity contribution in [2.24, 2.45) is 0 Å². The summed E-state index contributed by atoms with van der Waals surface area (Å²) in [5.41, 5.74) is 2.18. The predicted octanol–water partition coefficient (Wildman–Crippen LogP) is 3.56. The van der Waals surface area contributed by atoms with Crippen molar-refractivity contribution in [1.82, 2.24) is 5.32 Å². The third kappa shape index (κ3) is 4.94. The lowest BCUT2D eigenvalue weighted by molar-refractivity contribution is -0.128. The average molecular weight is 368 g/mol. The number of aryl methyl sites for hydroxylation is 1. The molecule has 2 atom stereocenters. The highest BCUT2D eigenvalue weighted by Crippen LogP contribution is 2.29. The summed E-state index contributed by atoms with van der Waals surface area (Å²) in [4.78, 5) is 14.9. The van der Waals surface area contributed by atoms with Crippen LogP contribution in [0.1, 0.15) is 25.3 Å². The van der Waals surface area contributed by atoms with Gasteiger partial charge in [0.25, 0.3) is 5.91 Å². The molecule has 3 rings (SSSR count). The Morgan fingerprint density at radius 2 is 2.04 bits per heavy atom. The summed E-state index contributed by atoms with van der Waals surface area (Å²) in [5.74, 6) is 1.50. The Labute approximate surface area is 161 Å². The largest absolute Gasteiger partial charge is 0.495 e. The van der Waals surface area contributed by atoms with Crippen LogP contribution in [0.3, 0.4) is 0 Å². The first-order valence-corrected chi connectivity index (χ1v) is 9.48. The van der Waals surface area contributed by atoms with Gasteiger partial charge in [-0.2, -0.15) is 0 Å². The molecule has 0 bridgehead atoms. The summed E-state index contributed by atoms with van der Waals surface area (Å²) >= 11 is 0. The highest BCUT2D eigenvalue weighted by atomic mass is 16.5. The number of piperidine rings is 1. The van der Waals surface area contributed by atoms with Crippen LogP contribution in [0.2, 0.25) is 0 Å². The summed E-state index contributed by atoms with van der Waals surface area (Å²) in [6.45, 7) is 5.52. The van der Waals surface area contributed by atoms with Crippen molar-refractivity contribution in [3.63, 3.8) is 0 Å². The molecule has 1 heterocycles. The first kappa shape index (κ1) is 19.1. The quantitative estimate of drug-likeness (QED) is 0.847. The molecule has 1 aliphatic rings. The summed E-state index contributed by atoms with van der Waals surface area (Å²) in [6.07, 6.45) is 1.46. The van der Waals surface area contributed by atoms with Crippen molar-refractivity contribution in [3.05, 3.63) is 54.1 Å². The van der Waals surface area contributed by atoms with Gasteiger partial charge in [-0.3, -0.25) is 4.79 Å². The van der Waals surface area contributed by atoms with Crippen molar-refractivity contribution in [2.45, 2.75) is 38.8 Å². The van der Waals surface area contributed by atoms with Crippen molar-refractivity contribution < 1.29 is 14.3 Å². The minimum atomic E-state index is -0.534. The Kier molecular flexibility index (Phi) is 6.22. The van der Waals surface area contributed by atoms with Crippen LogP contribution in [0.25, 0.3) is 0 Å². The van der Waals surface area contributed by atoms with E-state index in [0.29, 0.717) is 0 Å². The minimum Gasteiger partial charge on any atom is -0.495 e. The fraction of sp³-hybridized carbons (Fsp3) is 0.409. The fourth-order valence-corrected chi connectivity index (χ4v) is 3.47. The van der Waals surface area contributed by atoms with E-state index in [1.807, 2.05) is 49.4 Å². The number of rotatable bonds is 6. The summed E-state index contributed by atoms with van der Waals surface area (Å²) in [5, 5.41) is 3.14. The highest BCUT2D eigenvalue weighted by molar-refractivity contribution is 5.81. The standard InChI is InChI=1S/C22H28N2O3/c1-16-8-6-10-19(14-16)27-17(2)22(25)23-18-9-7-13-24(15-18)20-11-4-5-12-21(20)26-3/h4-6,8,10-12,14,17-18H,7,9,13,15H2,1-3H3,(H,23,25). The maximum Gasteiger partial charge on any atom is 0.261 e. The van der Waals surface area contributed by atoms with Crippen LogP contribution in [0, 0.1) is 6.92 Å². The molecule has 0 spiro atoms. The SMILES string of the molecule is COc1ccccc1N1CCCC(NC(=O)C(C)Oc2cccc(C)c2)C1. The molecule has 0 aliphatic carbocycles. The number of nitrogens with one attached hydrogen (secondary N) is 1. The number of methoxy groups -OCH3 is 1. The molecule has 2 aromatic rings. The van der Waals surface area contributed by atoms with Gasteiger partial charge in [-0.1, -0.05) is 24.3 Å². The highest BCUT2D eigenvalue weighted by Gasteiger charge is 2.25. The van der Waals surface area contributed by atoms with Gasteiger partial charge in [-0.15, -0.1) is 0 Å². The van der Waals surface area contributed by atoms with Crippen molar-refractivity contribution in [3.8, 4) is 11.5 Å². The number of carbonyl (C=O) groups is 1. The maximum absolute atomic E-state index is 12.6. The summed E-state index contributed by atoms with van der Waals surface area (Å²) in [7, 11) is 1.69. The number of hydrogen-bond donors (Lipinski definition) is 1. The van der Waals surface area contributed by atoms with E-state index < -0.39 is 6.10 Å². The molecule has 5 nitrogen and oxygen atoms in total. The van der Waals surface area contributed by atoms with Crippen LogP contribution in [0.15, 0.2) is 48.5 Å². The molecular formula is C22H28N2O3. The number of nitrogens with zero attached hydrogens (tertiary/aromatic N) is 1. The molecule has 144 valence electrons. The second kappa shape index (κ2) is 8.80. The lowest BCUT2D eigenvalue weighted by atomic mass is 10.0. The number of hydrogen-bond acceptors (Lipinski definition) is 4. The monoisotopic (exact) mass is 368 g/mol. The Balaban J connectivity index is 1.59. The zero-order valence-electron chi connectivity index (χ0n) is 16.3. The second-order valence-electron chi connectivity index (χ2n) is 7.04. The second-order valence-corrected chi connectivity index (χ2v) is 7.04. The van der Waals surface area contributed by atoms with Gasteiger partial charge < -0.3 is 19.7 Å². The Bertz CT molecular complexity index is 778. The average Bonchev–Trinajstić information content (AvgIpc) is 2.68. The zero-order valence-corrected chi connectivity index (χ0v) is 16.3. The molecule has 1 fully saturated rings. The molecule has 27 heavy (non-hydrogen) atoms. The van der Waals surface area contributed by atoms with Crippen LogP contribution in [0.5, 0.6) is 11.5 Å². The van der Waals surface area contributed by atoms with E-state index in [0.717, 1.165) is 48.7 Å². The van der Waals surface area contributed by atoms with E-state index in [-0.39, 0.29) is 11.9 Å².